The number of ketones is 1. The molecule has 1 heterocycles. The van der Waals surface area contributed by atoms with Crippen LogP contribution in [0.3, 0.4) is 0 Å². The standard InChI is InChI=1S/C36H26N.C10H14O2.Ir/c1-36(2)32-16-10-9-15-28(32)29-19-17-27(22-33(29)36)35-23-30(25-13-7-4-8-14-25)31-21-26(18-20-34(31)37-35)24-11-5-3-6-12-24;11-8-5-1-3-7-4-2-6-9(12)10(7)8;/h3-16,18-23H,1-2H3;7,11H,1-6H2;/q-1;;. The van der Waals surface area contributed by atoms with Gasteiger partial charge in [0, 0.05) is 43.9 Å². The number of hydrogen-bond donors (Lipinski definition) is 1. The van der Waals surface area contributed by atoms with E-state index in [1.165, 1.54) is 44.5 Å². The molecule has 1 aromatic heterocycles. The molecule has 1 atom stereocenters. The molecule has 0 aliphatic heterocycles. The van der Waals surface area contributed by atoms with Crippen LogP contribution < -0.4 is 0 Å². The van der Waals surface area contributed by atoms with Gasteiger partial charge in [-0.3, -0.25) is 9.78 Å². The van der Waals surface area contributed by atoms with Crippen molar-refractivity contribution < 1.29 is 30.0 Å². The van der Waals surface area contributed by atoms with Crippen molar-refractivity contribution in [1.82, 2.24) is 4.98 Å². The molecule has 3 aliphatic carbocycles. The molecule has 4 heteroatoms. The average molecular weight is 831 g/mol. The molecule has 0 amide bonds. The molecule has 1 N–H and O–H groups in total. The SMILES string of the molecule is CC1(C)c2ccccc2-c2c[c-]c(-c3cc(-c4ccccc4)c4cc(-c5ccccc5)ccc4n3)cc21.O=C1CCCC2CCCC(O)=C12.[Ir]. The van der Waals surface area contributed by atoms with E-state index in [9.17, 15) is 9.90 Å². The summed E-state index contributed by atoms with van der Waals surface area (Å²) in [5.74, 6) is 0.972. The molecule has 1 saturated carbocycles. The Hall–Kier alpha value is -4.63. The predicted molar refractivity (Wildman–Crippen MR) is 200 cm³/mol. The number of allylic oxidation sites excluding steroid dienone is 2. The van der Waals surface area contributed by atoms with Crippen LogP contribution in [0.15, 0.2) is 133 Å². The van der Waals surface area contributed by atoms with Crippen molar-refractivity contribution in [2.24, 2.45) is 5.92 Å². The molecule has 0 bridgehead atoms. The summed E-state index contributed by atoms with van der Waals surface area (Å²) in [4.78, 5) is 16.6. The van der Waals surface area contributed by atoms with Gasteiger partial charge in [-0.05, 0) is 82.7 Å². The van der Waals surface area contributed by atoms with E-state index in [4.69, 9.17) is 4.98 Å². The number of carbonyl (C=O) groups excluding carboxylic acids is 1. The first-order valence-electron chi connectivity index (χ1n) is 17.6. The Balaban J connectivity index is 0.000000255. The van der Waals surface area contributed by atoms with E-state index in [2.05, 4.69) is 141 Å². The molecule has 0 spiro atoms. The summed E-state index contributed by atoms with van der Waals surface area (Å²) < 4.78 is 0. The monoisotopic (exact) mass is 831 g/mol. The number of Topliss-reactive ketones (excluding diaryl/α,β-unsaturated/α-hetero) is 1. The Morgan fingerprint density at radius 1 is 0.700 bits per heavy atom. The Kier molecular flexibility index (Phi) is 9.44. The van der Waals surface area contributed by atoms with E-state index in [1.807, 2.05) is 0 Å². The van der Waals surface area contributed by atoms with E-state index in [-0.39, 0.29) is 31.3 Å². The summed E-state index contributed by atoms with van der Waals surface area (Å²) in [6.45, 7) is 4.63. The number of benzene rings is 5. The van der Waals surface area contributed by atoms with Crippen LogP contribution in [0.25, 0.3) is 55.5 Å². The molecule has 6 aromatic rings. The summed E-state index contributed by atoms with van der Waals surface area (Å²) in [6, 6.07) is 46.8. The number of fused-ring (bicyclic) bond motifs is 5. The third kappa shape index (κ3) is 6.17. The van der Waals surface area contributed by atoms with Crippen molar-refractivity contribution in [1.29, 1.82) is 0 Å². The molecule has 1 fully saturated rings. The van der Waals surface area contributed by atoms with E-state index < -0.39 is 0 Å². The summed E-state index contributed by atoms with van der Waals surface area (Å²) >= 11 is 0. The summed E-state index contributed by atoms with van der Waals surface area (Å²) in [5, 5.41) is 10.7. The van der Waals surface area contributed by atoms with Gasteiger partial charge in [0.05, 0.1) is 11.3 Å². The minimum atomic E-state index is -0.0561. The Bertz CT molecular complexity index is 2240. The predicted octanol–water partition coefficient (Wildman–Crippen LogP) is 11.7. The molecule has 50 heavy (non-hydrogen) atoms. The normalized spacial score (nSPS) is 17.2. The Morgan fingerprint density at radius 3 is 2.12 bits per heavy atom. The van der Waals surface area contributed by atoms with Crippen LogP contribution in [-0.4, -0.2) is 15.9 Å². The fourth-order valence-corrected chi connectivity index (χ4v) is 8.17. The van der Waals surface area contributed by atoms with Crippen molar-refractivity contribution in [3.63, 3.8) is 0 Å². The van der Waals surface area contributed by atoms with Crippen LogP contribution in [0.2, 0.25) is 0 Å². The van der Waals surface area contributed by atoms with Crippen LogP contribution in [0.1, 0.15) is 63.5 Å². The van der Waals surface area contributed by atoms with Crippen molar-refractivity contribution in [3.05, 3.63) is 150 Å². The molecule has 1 unspecified atom stereocenters. The number of pyridine rings is 1. The van der Waals surface area contributed by atoms with Crippen molar-refractivity contribution in [2.45, 2.75) is 57.8 Å². The third-order valence-corrected chi connectivity index (χ3v) is 10.7. The maximum atomic E-state index is 11.4. The fourth-order valence-electron chi connectivity index (χ4n) is 8.17. The van der Waals surface area contributed by atoms with Gasteiger partial charge in [0.1, 0.15) is 0 Å². The zero-order valence-electron chi connectivity index (χ0n) is 28.5. The number of hydrogen-bond acceptors (Lipinski definition) is 3. The second-order valence-electron chi connectivity index (χ2n) is 14.1. The molecule has 1 radical (unpaired) electrons. The molecule has 3 nitrogen and oxygen atoms in total. The largest absolute Gasteiger partial charge is 0.512 e. The topological polar surface area (TPSA) is 50.2 Å². The second-order valence-corrected chi connectivity index (χ2v) is 14.1. The first-order valence-corrected chi connectivity index (χ1v) is 17.6. The van der Waals surface area contributed by atoms with E-state index in [0.717, 1.165) is 59.8 Å². The third-order valence-electron chi connectivity index (χ3n) is 10.7. The minimum absolute atomic E-state index is 0. The Labute approximate surface area is 308 Å². The van der Waals surface area contributed by atoms with Gasteiger partial charge in [0.2, 0.25) is 0 Å². The number of carbonyl (C=O) groups is 1. The van der Waals surface area contributed by atoms with Crippen molar-refractivity contribution in [2.75, 3.05) is 0 Å². The summed E-state index contributed by atoms with van der Waals surface area (Å²) in [7, 11) is 0. The molecule has 5 aromatic carbocycles. The van der Waals surface area contributed by atoms with E-state index >= 15 is 0 Å². The van der Waals surface area contributed by atoms with Crippen molar-refractivity contribution in [3.8, 4) is 44.6 Å². The average Bonchev–Trinajstić information content (AvgIpc) is 3.37. The van der Waals surface area contributed by atoms with E-state index in [0.29, 0.717) is 18.1 Å². The smallest absolute Gasteiger partial charge is 0.162 e. The summed E-state index contributed by atoms with van der Waals surface area (Å²) in [5.41, 5.74) is 13.8. The number of aromatic nitrogens is 1. The summed E-state index contributed by atoms with van der Waals surface area (Å²) in [6.07, 6.45) is 5.64. The second kappa shape index (κ2) is 13.9. The van der Waals surface area contributed by atoms with Gasteiger partial charge < -0.3 is 5.11 Å². The number of aliphatic hydroxyl groups excluding tert-OH is 1. The number of nitrogens with zero attached hydrogens (tertiary/aromatic N) is 1. The van der Waals surface area contributed by atoms with Crippen molar-refractivity contribution >= 4 is 16.7 Å². The van der Waals surface area contributed by atoms with Crippen LogP contribution >= 0.6 is 0 Å². The molecular formula is C46H40IrNO2-. The van der Waals surface area contributed by atoms with Crippen LogP contribution in [0, 0.1) is 12.0 Å². The van der Waals surface area contributed by atoms with Crippen LogP contribution in [-0.2, 0) is 30.3 Å². The maximum absolute atomic E-state index is 11.4. The van der Waals surface area contributed by atoms with Gasteiger partial charge in [-0.2, -0.15) is 0 Å². The van der Waals surface area contributed by atoms with Gasteiger partial charge in [0.15, 0.2) is 5.78 Å². The van der Waals surface area contributed by atoms with Gasteiger partial charge in [0.25, 0.3) is 0 Å². The Morgan fingerprint density at radius 2 is 1.38 bits per heavy atom. The van der Waals surface area contributed by atoms with E-state index in [1.54, 1.807) is 0 Å². The van der Waals surface area contributed by atoms with Crippen LogP contribution in [0.5, 0.6) is 0 Å². The zero-order valence-corrected chi connectivity index (χ0v) is 30.9. The van der Waals surface area contributed by atoms with Gasteiger partial charge in [-0.15, -0.1) is 29.3 Å². The quantitative estimate of drug-likeness (QED) is 0.181. The van der Waals surface area contributed by atoms with Gasteiger partial charge in [-0.25, -0.2) is 0 Å². The zero-order chi connectivity index (χ0) is 33.5. The first kappa shape index (κ1) is 33.8. The molecule has 251 valence electrons. The number of rotatable bonds is 3. The minimum Gasteiger partial charge on any atom is -0.512 e. The molecule has 0 saturated heterocycles. The molecule has 9 rings (SSSR count). The first-order chi connectivity index (χ1) is 23.9. The molecular weight excluding hydrogens is 791 g/mol. The van der Waals surface area contributed by atoms with Crippen LogP contribution in [0.4, 0.5) is 0 Å². The maximum Gasteiger partial charge on any atom is 0.162 e. The number of aliphatic hydroxyl groups is 1. The van der Waals surface area contributed by atoms with Gasteiger partial charge in [-0.1, -0.05) is 122 Å². The molecule has 3 aliphatic rings. The fraction of sp³-hybridized carbons (Fsp3) is 0.217. The van der Waals surface area contributed by atoms with Gasteiger partial charge >= 0.3 is 0 Å².